The number of nitrogens with zero attached hydrogens (tertiary/aromatic N) is 1. The molecule has 1 rings (SSSR count). The first-order chi connectivity index (χ1) is 10.1. The third-order valence-corrected chi connectivity index (χ3v) is 3.68. The molecule has 0 saturated carbocycles. The fraction of sp³-hybridized carbons (Fsp3) is 0.562. The predicted octanol–water partition coefficient (Wildman–Crippen LogP) is 1.37. The van der Waals surface area contributed by atoms with Gasteiger partial charge in [-0.25, -0.2) is 0 Å². The first kappa shape index (κ1) is 17.5. The maximum absolute atomic E-state index is 11.8. The summed E-state index contributed by atoms with van der Waals surface area (Å²) in [5, 5.41) is 2.86. The lowest BCUT2D eigenvalue weighted by molar-refractivity contribution is -0.123. The van der Waals surface area contributed by atoms with Gasteiger partial charge in [0.15, 0.2) is 6.61 Å². The lowest BCUT2D eigenvalue weighted by Gasteiger charge is -2.23. The molecule has 0 aliphatic heterocycles. The van der Waals surface area contributed by atoms with Crippen molar-refractivity contribution in [2.75, 3.05) is 26.7 Å². The summed E-state index contributed by atoms with van der Waals surface area (Å²) in [5.41, 5.74) is 6.53. The van der Waals surface area contributed by atoms with Gasteiger partial charge in [-0.1, -0.05) is 25.1 Å². The molecule has 0 radical (unpaired) electrons. The number of hydrogen-bond donors (Lipinski definition) is 2. The normalized spacial score (nSPS) is 12.2. The first-order valence-electron chi connectivity index (χ1n) is 7.46. The summed E-state index contributed by atoms with van der Waals surface area (Å²) >= 11 is 0. The molecular formula is C16H27N3O2. The van der Waals surface area contributed by atoms with E-state index in [0.717, 1.165) is 18.5 Å². The van der Waals surface area contributed by atoms with Gasteiger partial charge in [0.05, 0.1) is 0 Å². The summed E-state index contributed by atoms with van der Waals surface area (Å²) in [4.78, 5) is 14.0. The summed E-state index contributed by atoms with van der Waals surface area (Å²) in [7, 11) is 2.06. The first-order valence-corrected chi connectivity index (χ1v) is 7.46. The number of amides is 1. The van der Waals surface area contributed by atoms with Crippen LogP contribution in [0.15, 0.2) is 24.3 Å². The van der Waals surface area contributed by atoms with Crippen LogP contribution in [0.4, 0.5) is 0 Å². The van der Waals surface area contributed by atoms with Crippen molar-refractivity contribution >= 4 is 5.91 Å². The van der Waals surface area contributed by atoms with Gasteiger partial charge < -0.3 is 20.7 Å². The minimum absolute atomic E-state index is 0.0179. The molecule has 0 aliphatic rings. The molecule has 0 spiro atoms. The lowest BCUT2D eigenvalue weighted by Crippen LogP contribution is -2.38. The molecule has 1 unspecified atom stereocenters. The number of para-hydroxylation sites is 1. The molecule has 0 saturated heterocycles. The highest BCUT2D eigenvalue weighted by molar-refractivity contribution is 5.77. The molecule has 0 heterocycles. The number of rotatable bonds is 9. The van der Waals surface area contributed by atoms with Gasteiger partial charge in [0.1, 0.15) is 5.75 Å². The zero-order valence-electron chi connectivity index (χ0n) is 13.3. The second kappa shape index (κ2) is 9.37. The Morgan fingerprint density at radius 3 is 2.81 bits per heavy atom. The molecule has 3 N–H and O–H groups in total. The molecule has 5 heteroatoms. The highest BCUT2D eigenvalue weighted by Gasteiger charge is 2.08. The van der Waals surface area contributed by atoms with Gasteiger partial charge in [0.2, 0.25) is 0 Å². The van der Waals surface area contributed by atoms with Gasteiger partial charge in [0, 0.05) is 31.2 Å². The number of likely N-dealkylation sites (N-methyl/N-ethyl adjacent to an activating group) is 1. The standard InChI is InChI=1S/C16H27N3O2/c1-4-13(2)19(3)10-9-18-16(20)12-21-15-8-6-5-7-14(15)11-17/h5-8,13H,4,9-12,17H2,1-3H3,(H,18,20). The fourth-order valence-electron chi connectivity index (χ4n) is 1.91. The molecule has 0 aliphatic carbocycles. The van der Waals surface area contributed by atoms with Gasteiger partial charge in [-0.05, 0) is 26.5 Å². The van der Waals surface area contributed by atoms with E-state index in [0.29, 0.717) is 24.9 Å². The minimum atomic E-state index is -0.112. The second-order valence-corrected chi connectivity index (χ2v) is 5.19. The smallest absolute Gasteiger partial charge is 0.257 e. The van der Waals surface area contributed by atoms with Crippen LogP contribution in [-0.4, -0.2) is 43.6 Å². The number of carbonyl (C=O) groups excluding carboxylic acids is 1. The van der Waals surface area contributed by atoms with E-state index in [2.05, 4.69) is 31.1 Å². The van der Waals surface area contributed by atoms with Crippen LogP contribution in [0.3, 0.4) is 0 Å². The van der Waals surface area contributed by atoms with Crippen molar-refractivity contribution in [1.29, 1.82) is 0 Å². The Morgan fingerprint density at radius 2 is 2.14 bits per heavy atom. The Bertz CT molecular complexity index is 437. The van der Waals surface area contributed by atoms with Crippen molar-refractivity contribution in [3.8, 4) is 5.75 Å². The Hall–Kier alpha value is -1.59. The number of nitrogens with one attached hydrogen (secondary N) is 1. The predicted molar refractivity (Wildman–Crippen MR) is 85.2 cm³/mol. The zero-order chi connectivity index (χ0) is 15.7. The Morgan fingerprint density at radius 1 is 1.43 bits per heavy atom. The van der Waals surface area contributed by atoms with E-state index >= 15 is 0 Å². The molecule has 1 aromatic rings. The van der Waals surface area contributed by atoms with Crippen molar-refractivity contribution < 1.29 is 9.53 Å². The summed E-state index contributed by atoms with van der Waals surface area (Å²) in [5.74, 6) is 0.561. The average molecular weight is 293 g/mol. The lowest BCUT2D eigenvalue weighted by atomic mass is 10.2. The van der Waals surface area contributed by atoms with Crippen molar-refractivity contribution in [3.63, 3.8) is 0 Å². The largest absolute Gasteiger partial charge is 0.483 e. The van der Waals surface area contributed by atoms with Crippen molar-refractivity contribution in [3.05, 3.63) is 29.8 Å². The molecule has 5 nitrogen and oxygen atoms in total. The van der Waals surface area contributed by atoms with Gasteiger partial charge in [0.25, 0.3) is 5.91 Å². The van der Waals surface area contributed by atoms with E-state index in [1.807, 2.05) is 24.3 Å². The molecule has 1 atom stereocenters. The maximum Gasteiger partial charge on any atom is 0.257 e. The molecule has 0 fully saturated rings. The summed E-state index contributed by atoms with van der Waals surface area (Å²) in [6, 6.07) is 8.02. The van der Waals surface area contributed by atoms with Crippen LogP contribution in [0.25, 0.3) is 0 Å². The molecular weight excluding hydrogens is 266 g/mol. The highest BCUT2D eigenvalue weighted by Crippen LogP contribution is 2.16. The Balaban J connectivity index is 2.28. The molecule has 0 bridgehead atoms. The molecule has 1 amide bonds. The van der Waals surface area contributed by atoms with E-state index in [4.69, 9.17) is 10.5 Å². The van der Waals surface area contributed by atoms with Crippen LogP contribution < -0.4 is 15.8 Å². The van der Waals surface area contributed by atoms with E-state index in [9.17, 15) is 4.79 Å². The Labute approximate surface area is 127 Å². The number of nitrogens with two attached hydrogens (primary N) is 1. The molecule has 0 aromatic heterocycles. The topological polar surface area (TPSA) is 67.6 Å². The van der Waals surface area contributed by atoms with Crippen LogP contribution in [-0.2, 0) is 11.3 Å². The average Bonchev–Trinajstić information content (AvgIpc) is 2.52. The minimum Gasteiger partial charge on any atom is -0.483 e. The molecule has 118 valence electrons. The highest BCUT2D eigenvalue weighted by atomic mass is 16.5. The number of carbonyl (C=O) groups is 1. The van der Waals surface area contributed by atoms with E-state index in [1.54, 1.807) is 0 Å². The van der Waals surface area contributed by atoms with E-state index in [-0.39, 0.29) is 12.5 Å². The van der Waals surface area contributed by atoms with Gasteiger partial charge in [-0.15, -0.1) is 0 Å². The van der Waals surface area contributed by atoms with Gasteiger partial charge >= 0.3 is 0 Å². The third kappa shape index (κ3) is 6.14. The summed E-state index contributed by atoms with van der Waals surface area (Å²) in [6.45, 7) is 6.21. The second-order valence-electron chi connectivity index (χ2n) is 5.19. The third-order valence-electron chi connectivity index (χ3n) is 3.68. The maximum atomic E-state index is 11.8. The van der Waals surface area contributed by atoms with Crippen LogP contribution in [0.5, 0.6) is 5.75 Å². The Kier molecular flexibility index (Phi) is 7.79. The van der Waals surface area contributed by atoms with Crippen LogP contribution in [0.1, 0.15) is 25.8 Å². The molecule has 21 heavy (non-hydrogen) atoms. The number of hydrogen-bond acceptors (Lipinski definition) is 4. The van der Waals surface area contributed by atoms with Crippen molar-refractivity contribution in [2.45, 2.75) is 32.9 Å². The quantitative estimate of drug-likeness (QED) is 0.721. The van der Waals surface area contributed by atoms with Gasteiger partial charge in [-0.3, -0.25) is 4.79 Å². The SMILES string of the molecule is CCC(C)N(C)CCNC(=O)COc1ccccc1CN. The zero-order valence-corrected chi connectivity index (χ0v) is 13.3. The summed E-state index contributed by atoms with van der Waals surface area (Å²) in [6.07, 6.45) is 1.10. The van der Waals surface area contributed by atoms with Crippen molar-refractivity contribution in [2.24, 2.45) is 5.73 Å². The van der Waals surface area contributed by atoms with Crippen LogP contribution in [0.2, 0.25) is 0 Å². The monoisotopic (exact) mass is 293 g/mol. The number of ether oxygens (including phenoxy) is 1. The van der Waals surface area contributed by atoms with Crippen LogP contribution >= 0.6 is 0 Å². The fourth-order valence-corrected chi connectivity index (χ4v) is 1.91. The van der Waals surface area contributed by atoms with Crippen LogP contribution in [0, 0.1) is 0 Å². The number of benzene rings is 1. The summed E-state index contributed by atoms with van der Waals surface area (Å²) < 4.78 is 5.51. The van der Waals surface area contributed by atoms with Crippen molar-refractivity contribution in [1.82, 2.24) is 10.2 Å². The van der Waals surface area contributed by atoms with Gasteiger partial charge in [-0.2, -0.15) is 0 Å². The molecule has 1 aromatic carbocycles. The van der Waals surface area contributed by atoms with E-state index < -0.39 is 0 Å². The van der Waals surface area contributed by atoms with E-state index in [1.165, 1.54) is 0 Å².